The van der Waals surface area contributed by atoms with Crippen molar-refractivity contribution >= 4 is 28.6 Å². The molecule has 8 nitrogen and oxygen atoms in total. The minimum atomic E-state index is -1.50. The Hall–Kier alpha value is -3.59. The quantitative estimate of drug-likeness (QED) is 0.636. The third-order valence-corrected chi connectivity index (χ3v) is 6.73. The van der Waals surface area contributed by atoms with Gasteiger partial charge in [0.2, 0.25) is 0 Å². The zero-order chi connectivity index (χ0) is 24.1. The second kappa shape index (κ2) is 10.6. The standard InChI is InChI=1S/C25H27N5O3S/c1-17-11-23(30(2)28-17)27-24(31)20-10-6-9-19(12-20)21-13-22(15-26-14-21)25(32)29-34(33)16-18-7-4-3-5-8-18/h3-4,6-7,9-11,13-15,19H,5,8,12,16H2,1-2H3,(H,27,31)(H,29,32). The number of allylic oxidation sites excluding steroid dienone is 6. The van der Waals surface area contributed by atoms with E-state index in [0.29, 0.717) is 29.1 Å². The number of carbonyl (C=O) groups excluding carboxylic acids is 2. The molecule has 2 aromatic rings. The molecule has 4 rings (SSSR count). The number of hydrogen-bond donors (Lipinski definition) is 2. The van der Waals surface area contributed by atoms with Gasteiger partial charge in [0, 0.05) is 37.0 Å². The third-order valence-electron chi connectivity index (χ3n) is 5.69. The van der Waals surface area contributed by atoms with E-state index < -0.39 is 16.9 Å². The average molecular weight is 478 g/mol. The predicted octanol–water partition coefficient (Wildman–Crippen LogP) is 3.40. The van der Waals surface area contributed by atoms with Gasteiger partial charge in [-0.1, -0.05) is 42.0 Å². The van der Waals surface area contributed by atoms with E-state index in [1.54, 1.807) is 30.1 Å². The summed E-state index contributed by atoms with van der Waals surface area (Å²) in [4.78, 5) is 29.7. The number of hydrogen-bond acceptors (Lipinski definition) is 5. The number of aromatic nitrogens is 3. The van der Waals surface area contributed by atoms with Crippen LogP contribution in [0.2, 0.25) is 0 Å². The fourth-order valence-corrected chi connectivity index (χ4v) is 4.90. The van der Waals surface area contributed by atoms with Gasteiger partial charge in [0.05, 0.1) is 17.0 Å². The molecule has 0 aromatic carbocycles. The third kappa shape index (κ3) is 5.85. The first kappa shape index (κ1) is 23.6. The summed E-state index contributed by atoms with van der Waals surface area (Å²) in [6.45, 7) is 1.87. The van der Waals surface area contributed by atoms with Crippen molar-refractivity contribution < 1.29 is 13.8 Å². The van der Waals surface area contributed by atoms with Crippen molar-refractivity contribution in [1.29, 1.82) is 0 Å². The number of anilines is 1. The van der Waals surface area contributed by atoms with Crippen molar-refractivity contribution in [3.8, 4) is 0 Å². The first-order valence-corrected chi connectivity index (χ1v) is 12.4. The number of aryl methyl sites for hydroxylation is 2. The molecule has 0 saturated carbocycles. The number of carbonyl (C=O) groups is 2. The Morgan fingerprint density at radius 1 is 1.18 bits per heavy atom. The Morgan fingerprint density at radius 3 is 2.76 bits per heavy atom. The summed E-state index contributed by atoms with van der Waals surface area (Å²) in [6, 6.07) is 3.55. The highest BCUT2D eigenvalue weighted by Gasteiger charge is 2.21. The van der Waals surface area contributed by atoms with Crippen LogP contribution in [-0.4, -0.2) is 36.5 Å². The molecule has 2 aromatic heterocycles. The van der Waals surface area contributed by atoms with Gasteiger partial charge in [0.15, 0.2) is 0 Å². The lowest BCUT2D eigenvalue weighted by Gasteiger charge is -2.19. The van der Waals surface area contributed by atoms with Gasteiger partial charge in [-0.05, 0) is 37.8 Å². The van der Waals surface area contributed by atoms with Gasteiger partial charge in [-0.15, -0.1) is 0 Å². The van der Waals surface area contributed by atoms with Crippen LogP contribution in [0.15, 0.2) is 72.1 Å². The molecule has 0 bridgehead atoms. The minimum Gasteiger partial charge on any atom is -0.307 e. The van der Waals surface area contributed by atoms with Crippen molar-refractivity contribution in [1.82, 2.24) is 19.5 Å². The van der Waals surface area contributed by atoms with Crippen LogP contribution in [0.5, 0.6) is 0 Å². The van der Waals surface area contributed by atoms with Gasteiger partial charge < -0.3 is 5.32 Å². The molecule has 2 aliphatic rings. The van der Waals surface area contributed by atoms with Crippen LogP contribution in [0.25, 0.3) is 0 Å². The lowest BCUT2D eigenvalue weighted by Crippen LogP contribution is -2.28. The summed E-state index contributed by atoms with van der Waals surface area (Å²) in [5.41, 5.74) is 3.64. The summed E-state index contributed by atoms with van der Waals surface area (Å²) in [5.74, 6) is 0.210. The van der Waals surface area contributed by atoms with E-state index in [9.17, 15) is 13.8 Å². The van der Waals surface area contributed by atoms with Crippen LogP contribution >= 0.6 is 0 Å². The SMILES string of the molecule is Cc1cc(NC(=O)C2=CC=CC(c3cncc(C(=O)NS(=O)CC4=CC=CCC4)c3)C2)n(C)n1. The molecule has 2 heterocycles. The van der Waals surface area contributed by atoms with E-state index in [1.165, 1.54) is 6.20 Å². The van der Waals surface area contributed by atoms with Gasteiger partial charge in [0.25, 0.3) is 11.8 Å². The Kier molecular flexibility index (Phi) is 7.32. The molecule has 2 unspecified atom stereocenters. The summed E-state index contributed by atoms with van der Waals surface area (Å²) >= 11 is 0. The smallest absolute Gasteiger partial charge is 0.264 e. The number of rotatable bonds is 7. The highest BCUT2D eigenvalue weighted by atomic mass is 32.2. The highest BCUT2D eigenvalue weighted by molar-refractivity contribution is 7.83. The van der Waals surface area contributed by atoms with Crippen LogP contribution < -0.4 is 10.0 Å². The highest BCUT2D eigenvalue weighted by Crippen LogP contribution is 2.29. The summed E-state index contributed by atoms with van der Waals surface area (Å²) in [5, 5.41) is 7.14. The lowest BCUT2D eigenvalue weighted by atomic mass is 9.88. The van der Waals surface area contributed by atoms with Crippen molar-refractivity contribution in [3.05, 3.63) is 88.9 Å². The molecule has 0 aliphatic heterocycles. The van der Waals surface area contributed by atoms with Crippen molar-refractivity contribution in [2.45, 2.75) is 32.1 Å². The van der Waals surface area contributed by atoms with Gasteiger partial charge in [-0.3, -0.25) is 24.0 Å². The van der Waals surface area contributed by atoms with E-state index in [2.05, 4.69) is 26.2 Å². The molecule has 2 N–H and O–H groups in total. The molecule has 0 saturated heterocycles. The van der Waals surface area contributed by atoms with Gasteiger partial charge >= 0.3 is 0 Å². The molecular weight excluding hydrogens is 450 g/mol. The fraction of sp³-hybridized carbons (Fsp3) is 0.280. The van der Waals surface area contributed by atoms with Gasteiger partial charge in [-0.25, -0.2) is 4.21 Å². The van der Waals surface area contributed by atoms with Gasteiger partial charge in [-0.2, -0.15) is 5.10 Å². The summed E-state index contributed by atoms with van der Waals surface area (Å²) in [6.07, 6.45) is 17.0. The Bertz CT molecular complexity index is 1250. The summed E-state index contributed by atoms with van der Waals surface area (Å²) < 4.78 is 16.6. The Labute approximate surface area is 201 Å². The predicted molar refractivity (Wildman–Crippen MR) is 132 cm³/mol. The fourth-order valence-electron chi connectivity index (χ4n) is 3.92. The maximum absolute atomic E-state index is 12.8. The summed E-state index contributed by atoms with van der Waals surface area (Å²) in [7, 11) is 0.273. The van der Waals surface area contributed by atoms with E-state index in [0.717, 1.165) is 29.7 Å². The van der Waals surface area contributed by atoms with Crippen molar-refractivity contribution in [3.63, 3.8) is 0 Å². The minimum absolute atomic E-state index is 0.107. The second-order valence-electron chi connectivity index (χ2n) is 8.36. The molecular formula is C25H27N5O3S. The molecule has 2 aliphatic carbocycles. The largest absolute Gasteiger partial charge is 0.307 e. The van der Waals surface area contributed by atoms with E-state index in [1.807, 2.05) is 37.3 Å². The van der Waals surface area contributed by atoms with Gasteiger partial charge in [0.1, 0.15) is 16.8 Å². The molecule has 34 heavy (non-hydrogen) atoms. The second-order valence-corrected chi connectivity index (χ2v) is 9.54. The molecule has 0 radical (unpaired) electrons. The number of nitrogens with zero attached hydrogens (tertiary/aromatic N) is 3. The first-order valence-electron chi connectivity index (χ1n) is 11.1. The normalized spacial score (nSPS) is 18.1. The van der Waals surface area contributed by atoms with Crippen LogP contribution in [0.1, 0.15) is 46.8 Å². The molecule has 2 amide bonds. The van der Waals surface area contributed by atoms with Crippen molar-refractivity contribution in [2.75, 3.05) is 11.1 Å². The molecule has 9 heteroatoms. The Morgan fingerprint density at radius 2 is 2.03 bits per heavy atom. The molecule has 176 valence electrons. The Balaban J connectivity index is 1.39. The monoisotopic (exact) mass is 477 g/mol. The maximum Gasteiger partial charge on any atom is 0.264 e. The molecule has 0 spiro atoms. The van der Waals surface area contributed by atoms with E-state index in [-0.39, 0.29) is 11.8 Å². The van der Waals surface area contributed by atoms with Crippen LogP contribution in [-0.2, 0) is 22.8 Å². The topological polar surface area (TPSA) is 106 Å². The average Bonchev–Trinajstić information content (AvgIpc) is 3.16. The molecule has 0 fully saturated rings. The van der Waals surface area contributed by atoms with E-state index in [4.69, 9.17) is 0 Å². The lowest BCUT2D eigenvalue weighted by molar-refractivity contribution is -0.113. The maximum atomic E-state index is 12.8. The van der Waals surface area contributed by atoms with Crippen LogP contribution in [0.3, 0.4) is 0 Å². The zero-order valence-electron chi connectivity index (χ0n) is 19.2. The number of amides is 2. The van der Waals surface area contributed by atoms with Crippen LogP contribution in [0.4, 0.5) is 5.82 Å². The zero-order valence-corrected chi connectivity index (χ0v) is 20.0. The van der Waals surface area contributed by atoms with Crippen molar-refractivity contribution in [2.24, 2.45) is 7.05 Å². The van der Waals surface area contributed by atoms with E-state index >= 15 is 0 Å². The first-order chi connectivity index (χ1) is 16.4. The number of pyridine rings is 1. The van der Waals surface area contributed by atoms with Crippen LogP contribution in [0, 0.1) is 6.92 Å². The molecule has 2 atom stereocenters. The number of nitrogens with one attached hydrogen (secondary N) is 2.